The summed E-state index contributed by atoms with van der Waals surface area (Å²) in [6, 6.07) is 0.816. The number of ether oxygens (including phenoxy) is 2. The molecule has 0 N–H and O–H groups in total. The quantitative estimate of drug-likeness (QED) is 0.644. The summed E-state index contributed by atoms with van der Waals surface area (Å²) < 4.78 is 10.5. The predicted octanol–water partition coefficient (Wildman–Crippen LogP) is 0.820. The largest absolute Gasteiger partial charge is 0.382 e. The van der Waals surface area contributed by atoms with E-state index in [2.05, 4.69) is 9.80 Å². The standard InChI is InChI=1S/C13H26N2O2/c1-16-10-11-17-9-8-14-5-3-7-15-6-2-4-13(15)12-14/h13H,2-12H2,1H3. The molecule has 17 heavy (non-hydrogen) atoms. The van der Waals surface area contributed by atoms with E-state index in [1.807, 2.05) is 0 Å². The highest BCUT2D eigenvalue weighted by Gasteiger charge is 2.28. The summed E-state index contributed by atoms with van der Waals surface area (Å²) in [5.41, 5.74) is 0. The molecule has 0 bridgehead atoms. The lowest BCUT2D eigenvalue weighted by Gasteiger charge is -2.25. The Balaban J connectivity index is 1.63. The Morgan fingerprint density at radius 3 is 2.82 bits per heavy atom. The molecule has 0 spiro atoms. The van der Waals surface area contributed by atoms with Gasteiger partial charge in [0, 0.05) is 26.2 Å². The molecular weight excluding hydrogens is 216 g/mol. The first-order chi connectivity index (χ1) is 8.40. The Morgan fingerprint density at radius 1 is 1.06 bits per heavy atom. The number of hydrogen-bond acceptors (Lipinski definition) is 4. The maximum Gasteiger partial charge on any atom is 0.0700 e. The van der Waals surface area contributed by atoms with E-state index < -0.39 is 0 Å². The van der Waals surface area contributed by atoms with E-state index in [9.17, 15) is 0 Å². The lowest BCUT2D eigenvalue weighted by Crippen LogP contribution is -2.38. The average molecular weight is 242 g/mol. The van der Waals surface area contributed by atoms with Crippen LogP contribution in [0.25, 0.3) is 0 Å². The van der Waals surface area contributed by atoms with Crippen LogP contribution in [0.4, 0.5) is 0 Å². The molecule has 2 aliphatic rings. The summed E-state index contributed by atoms with van der Waals surface area (Å²) >= 11 is 0. The number of rotatable bonds is 6. The van der Waals surface area contributed by atoms with Gasteiger partial charge in [0.1, 0.15) is 0 Å². The molecule has 1 atom stereocenters. The average Bonchev–Trinajstić information content (AvgIpc) is 2.68. The lowest BCUT2D eigenvalue weighted by atomic mass is 10.2. The van der Waals surface area contributed by atoms with Crippen molar-refractivity contribution in [3.63, 3.8) is 0 Å². The van der Waals surface area contributed by atoms with E-state index in [0.717, 1.165) is 25.8 Å². The molecular formula is C13H26N2O2. The van der Waals surface area contributed by atoms with E-state index in [1.165, 1.54) is 45.4 Å². The van der Waals surface area contributed by atoms with Crippen molar-refractivity contribution in [3.05, 3.63) is 0 Å². The van der Waals surface area contributed by atoms with Crippen molar-refractivity contribution in [1.29, 1.82) is 0 Å². The molecule has 1 unspecified atom stereocenters. The topological polar surface area (TPSA) is 24.9 Å². The smallest absolute Gasteiger partial charge is 0.0700 e. The Bertz CT molecular complexity index is 214. The Hall–Kier alpha value is -0.160. The predicted molar refractivity (Wildman–Crippen MR) is 68.3 cm³/mol. The summed E-state index contributed by atoms with van der Waals surface area (Å²) in [4.78, 5) is 5.24. The second-order valence-corrected chi connectivity index (χ2v) is 5.09. The van der Waals surface area contributed by atoms with Crippen LogP contribution in [0.1, 0.15) is 19.3 Å². The molecule has 0 aromatic rings. The van der Waals surface area contributed by atoms with E-state index in [1.54, 1.807) is 7.11 Å². The van der Waals surface area contributed by atoms with Crippen LogP contribution in [0.2, 0.25) is 0 Å². The van der Waals surface area contributed by atoms with Crippen molar-refractivity contribution in [3.8, 4) is 0 Å². The summed E-state index contributed by atoms with van der Waals surface area (Å²) in [5, 5.41) is 0. The highest BCUT2D eigenvalue weighted by atomic mass is 16.5. The van der Waals surface area contributed by atoms with Gasteiger partial charge in [-0.2, -0.15) is 0 Å². The van der Waals surface area contributed by atoms with E-state index in [4.69, 9.17) is 9.47 Å². The van der Waals surface area contributed by atoms with Crippen molar-refractivity contribution >= 4 is 0 Å². The minimum absolute atomic E-state index is 0.705. The molecule has 2 aliphatic heterocycles. The number of nitrogens with zero attached hydrogens (tertiary/aromatic N) is 2. The first-order valence-corrected chi connectivity index (χ1v) is 6.93. The number of methoxy groups -OCH3 is 1. The minimum atomic E-state index is 0.705. The normalized spacial score (nSPS) is 27.0. The van der Waals surface area contributed by atoms with E-state index in [0.29, 0.717) is 6.61 Å². The molecule has 0 aliphatic carbocycles. The Morgan fingerprint density at radius 2 is 1.94 bits per heavy atom. The van der Waals surface area contributed by atoms with Gasteiger partial charge in [-0.1, -0.05) is 0 Å². The zero-order valence-electron chi connectivity index (χ0n) is 11.1. The van der Waals surface area contributed by atoms with Crippen LogP contribution in [0.5, 0.6) is 0 Å². The first-order valence-electron chi connectivity index (χ1n) is 6.93. The van der Waals surface area contributed by atoms with Crippen molar-refractivity contribution in [2.75, 3.05) is 59.7 Å². The van der Waals surface area contributed by atoms with Gasteiger partial charge in [-0.25, -0.2) is 0 Å². The molecule has 2 saturated heterocycles. The van der Waals surface area contributed by atoms with Crippen LogP contribution < -0.4 is 0 Å². The molecule has 2 heterocycles. The van der Waals surface area contributed by atoms with Gasteiger partial charge in [0.15, 0.2) is 0 Å². The summed E-state index contributed by atoms with van der Waals surface area (Å²) in [5.74, 6) is 0. The van der Waals surface area contributed by atoms with Crippen molar-refractivity contribution < 1.29 is 9.47 Å². The fourth-order valence-corrected chi connectivity index (χ4v) is 2.92. The third-order valence-electron chi connectivity index (χ3n) is 3.87. The van der Waals surface area contributed by atoms with Crippen LogP contribution in [0.15, 0.2) is 0 Å². The maximum absolute atomic E-state index is 5.55. The third kappa shape index (κ3) is 4.21. The van der Waals surface area contributed by atoms with Crippen molar-refractivity contribution in [2.45, 2.75) is 25.3 Å². The number of fused-ring (bicyclic) bond motifs is 1. The molecule has 0 radical (unpaired) electrons. The van der Waals surface area contributed by atoms with Crippen molar-refractivity contribution in [1.82, 2.24) is 9.80 Å². The molecule has 100 valence electrons. The van der Waals surface area contributed by atoms with Crippen LogP contribution >= 0.6 is 0 Å². The Kier molecular flexibility index (Phi) is 5.71. The third-order valence-corrected chi connectivity index (χ3v) is 3.87. The summed E-state index contributed by atoms with van der Waals surface area (Å²) in [6.07, 6.45) is 4.10. The van der Waals surface area contributed by atoms with Gasteiger partial charge in [-0.3, -0.25) is 9.80 Å². The van der Waals surface area contributed by atoms with E-state index in [-0.39, 0.29) is 0 Å². The molecule has 0 amide bonds. The van der Waals surface area contributed by atoms with Gasteiger partial charge in [0.2, 0.25) is 0 Å². The fourth-order valence-electron chi connectivity index (χ4n) is 2.92. The van der Waals surface area contributed by atoms with Gasteiger partial charge in [-0.15, -0.1) is 0 Å². The van der Waals surface area contributed by atoms with Gasteiger partial charge in [-0.05, 0) is 38.9 Å². The van der Waals surface area contributed by atoms with Gasteiger partial charge in [0.25, 0.3) is 0 Å². The van der Waals surface area contributed by atoms with Crippen LogP contribution in [-0.4, -0.2) is 75.5 Å². The van der Waals surface area contributed by atoms with Crippen molar-refractivity contribution in [2.24, 2.45) is 0 Å². The molecule has 0 saturated carbocycles. The summed E-state index contributed by atoms with van der Waals surface area (Å²) in [7, 11) is 1.72. The number of hydrogen-bond donors (Lipinski definition) is 0. The SMILES string of the molecule is COCCOCCN1CCCN2CCCC2C1. The highest BCUT2D eigenvalue weighted by Crippen LogP contribution is 2.20. The monoisotopic (exact) mass is 242 g/mol. The van der Waals surface area contributed by atoms with Crippen LogP contribution in [-0.2, 0) is 9.47 Å². The second kappa shape index (κ2) is 7.31. The maximum atomic E-state index is 5.55. The molecule has 0 aromatic heterocycles. The minimum Gasteiger partial charge on any atom is -0.382 e. The molecule has 4 nitrogen and oxygen atoms in total. The molecule has 4 heteroatoms. The van der Waals surface area contributed by atoms with Crippen LogP contribution in [0.3, 0.4) is 0 Å². The van der Waals surface area contributed by atoms with Gasteiger partial charge in [0.05, 0.1) is 19.8 Å². The second-order valence-electron chi connectivity index (χ2n) is 5.09. The fraction of sp³-hybridized carbons (Fsp3) is 1.00. The van der Waals surface area contributed by atoms with Crippen LogP contribution in [0, 0.1) is 0 Å². The first kappa shape index (κ1) is 13.3. The molecule has 0 aromatic carbocycles. The molecule has 2 fully saturated rings. The molecule has 2 rings (SSSR count). The van der Waals surface area contributed by atoms with Gasteiger partial charge >= 0.3 is 0 Å². The van der Waals surface area contributed by atoms with Gasteiger partial charge < -0.3 is 9.47 Å². The zero-order chi connectivity index (χ0) is 11.9. The van der Waals surface area contributed by atoms with E-state index >= 15 is 0 Å². The lowest BCUT2D eigenvalue weighted by molar-refractivity contribution is 0.0561. The summed E-state index contributed by atoms with van der Waals surface area (Å²) in [6.45, 7) is 8.45. The highest BCUT2D eigenvalue weighted by molar-refractivity contribution is 4.84. The zero-order valence-corrected chi connectivity index (χ0v) is 11.1. The Labute approximate surface area is 105 Å².